The van der Waals surface area contributed by atoms with Gasteiger partial charge in [0.2, 0.25) is 0 Å². The minimum Gasteiger partial charge on any atom is -0.493 e. The van der Waals surface area contributed by atoms with Crippen molar-refractivity contribution in [1.29, 1.82) is 0 Å². The molecule has 134 valence electrons. The smallest absolute Gasteiger partial charge is 0.317 e. The van der Waals surface area contributed by atoms with E-state index in [4.69, 9.17) is 9.47 Å². The summed E-state index contributed by atoms with van der Waals surface area (Å²) in [6.07, 6.45) is 0. The Kier molecular flexibility index (Phi) is 6.28. The molecule has 25 heavy (non-hydrogen) atoms. The Bertz CT molecular complexity index is 744. The standard InChI is InChI=1S/C20H26N2O3/c1-14-6-8-17(15(2)10-14)13-22(3)20(23)21-12-16-7-9-18(24-4)19(11-16)25-5/h6-11H,12-13H2,1-5H3,(H,21,23). The van der Waals surface area contributed by atoms with Crippen molar-refractivity contribution >= 4 is 6.03 Å². The maximum Gasteiger partial charge on any atom is 0.317 e. The van der Waals surface area contributed by atoms with Crippen molar-refractivity contribution in [1.82, 2.24) is 10.2 Å². The molecule has 2 aromatic rings. The molecule has 0 aromatic heterocycles. The van der Waals surface area contributed by atoms with Crippen LogP contribution in [0.15, 0.2) is 36.4 Å². The zero-order chi connectivity index (χ0) is 18.4. The van der Waals surface area contributed by atoms with Crippen molar-refractivity contribution in [3.63, 3.8) is 0 Å². The van der Waals surface area contributed by atoms with E-state index in [9.17, 15) is 4.79 Å². The van der Waals surface area contributed by atoms with Crippen LogP contribution in [0, 0.1) is 13.8 Å². The van der Waals surface area contributed by atoms with Gasteiger partial charge in [-0.2, -0.15) is 0 Å². The second kappa shape index (κ2) is 8.42. The van der Waals surface area contributed by atoms with E-state index in [1.165, 1.54) is 11.1 Å². The number of carbonyl (C=O) groups is 1. The number of benzene rings is 2. The van der Waals surface area contributed by atoms with Gasteiger partial charge in [-0.1, -0.05) is 29.8 Å². The van der Waals surface area contributed by atoms with E-state index in [0.717, 1.165) is 11.1 Å². The molecule has 5 nitrogen and oxygen atoms in total. The summed E-state index contributed by atoms with van der Waals surface area (Å²) in [6.45, 7) is 5.13. The minimum atomic E-state index is -0.116. The number of hydrogen-bond donors (Lipinski definition) is 1. The molecule has 0 spiro atoms. The van der Waals surface area contributed by atoms with E-state index in [0.29, 0.717) is 24.6 Å². The van der Waals surface area contributed by atoms with Gasteiger partial charge in [-0.3, -0.25) is 0 Å². The van der Waals surface area contributed by atoms with Crippen LogP contribution in [-0.2, 0) is 13.1 Å². The highest BCUT2D eigenvalue weighted by molar-refractivity contribution is 5.74. The summed E-state index contributed by atoms with van der Waals surface area (Å²) in [5.41, 5.74) is 4.52. The summed E-state index contributed by atoms with van der Waals surface area (Å²) in [5.74, 6) is 1.32. The number of methoxy groups -OCH3 is 2. The van der Waals surface area contributed by atoms with Crippen molar-refractivity contribution in [2.75, 3.05) is 21.3 Å². The van der Waals surface area contributed by atoms with Gasteiger partial charge in [0.15, 0.2) is 11.5 Å². The number of carbonyl (C=O) groups excluding carboxylic acids is 1. The molecule has 2 amide bonds. The lowest BCUT2D eigenvalue weighted by Crippen LogP contribution is -2.36. The second-order valence-corrected chi connectivity index (χ2v) is 6.13. The highest BCUT2D eigenvalue weighted by atomic mass is 16.5. The summed E-state index contributed by atoms with van der Waals surface area (Å²) in [4.78, 5) is 14.0. The quantitative estimate of drug-likeness (QED) is 0.871. The van der Waals surface area contributed by atoms with Gasteiger partial charge in [0.05, 0.1) is 14.2 Å². The van der Waals surface area contributed by atoms with Gasteiger partial charge in [0.1, 0.15) is 0 Å². The Morgan fingerprint density at radius 2 is 1.76 bits per heavy atom. The fourth-order valence-electron chi connectivity index (χ4n) is 2.65. The van der Waals surface area contributed by atoms with Gasteiger partial charge in [-0.05, 0) is 42.7 Å². The Labute approximate surface area is 149 Å². The van der Waals surface area contributed by atoms with Crippen molar-refractivity contribution in [2.24, 2.45) is 0 Å². The molecule has 0 saturated heterocycles. The van der Waals surface area contributed by atoms with Crippen LogP contribution in [0.3, 0.4) is 0 Å². The molecule has 0 fully saturated rings. The molecule has 0 aliphatic carbocycles. The molecule has 0 radical (unpaired) electrons. The Morgan fingerprint density at radius 3 is 2.40 bits per heavy atom. The summed E-state index contributed by atoms with van der Waals surface area (Å²) in [7, 11) is 4.99. The molecule has 0 bridgehead atoms. The number of rotatable bonds is 6. The van der Waals surface area contributed by atoms with Crippen LogP contribution in [0.2, 0.25) is 0 Å². The SMILES string of the molecule is COc1ccc(CNC(=O)N(C)Cc2ccc(C)cc2C)cc1OC. The lowest BCUT2D eigenvalue weighted by molar-refractivity contribution is 0.206. The van der Waals surface area contributed by atoms with E-state index in [1.807, 2.05) is 18.2 Å². The molecule has 0 aliphatic heterocycles. The maximum absolute atomic E-state index is 12.3. The maximum atomic E-state index is 12.3. The molecular formula is C20H26N2O3. The lowest BCUT2D eigenvalue weighted by atomic mass is 10.1. The largest absolute Gasteiger partial charge is 0.493 e. The number of nitrogens with one attached hydrogen (secondary N) is 1. The second-order valence-electron chi connectivity index (χ2n) is 6.13. The fraction of sp³-hybridized carbons (Fsp3) is 0.350. The first-order valence-electron chi connectivity index (χ1n) is 8.20. The Hall–Kier alpha value is -2.69. The van der Waals surface area contributed by atoms with Crippen molar-refractivity contribution < 1.29 is 14.3 Å². The third-order valence-corrected chi connectivity index (χ3v) is 4.14. The summed E-state index contributed by atoms with van der Waals surface area (Å²) >= 11 is 0. The lowest BCUT2D eigenvalue weighted by Gasteiger charge is -2.19. The van der Waals surface area contributed by atoms with Crippen LogP contribution >= 0.6 is 0 Å². The first-order valence-corrected chi connectivity index (χ1v) is 8.20. The van der Waals surface area contributed by atoms with E-state index >= 15 is 0 Å². The summed E-state index contributed by atoms with van der Waals surface area (Å²) in [6, 6.07) is 11.8. The number of hydrogen-bond acceptors (Lipinski definition) is 3. The van der Waals surface area contributed by atoms with Crippen molar-refractivity contribution in [2.45, 2.75) is 26.9 Å². The third kappa shape index (κ3) is 4.89. The molecule has 1 N–H and O–H groups in total. The molecular weight excluding hydrogens is 316 g/mol. The molecule has 5 heteroatoms. The average molecular weight is 342 g/mol. The monoisotopic (exact) mass is 342 g/mol. The predicted molar refractivity (Wildman–Crippen MR) is 99.2 cm³/mol. The molecule has 0 unspecified atom stereocenters. The first-order chi connectivity index (χ1) is 11.9. The van der Waals surface area contributed by atoms with Crippen LogP contribution < -0.4 is 14.8 Å². The normalized spacial score (nSPS) is 10.3. The minimum absolute atomic E-state index is 0.116. The molecule has 2 aromatic carbocycles. The fourth-order valence-corrected chi connectivity index (χ4v) is 2.65. The van der Waals surface area contributed by atoms with Gasteiger partial charge in [0, 0.05) is 20.1 Å². The predicted octanol–water partition coefficient (Wildman–Crippen LogP) is 3.66. The highest BCUT2D eigenvalue weighted by Gasteiger charge is 2.11. The van der Waals surface area contributed by atoms with Crippen LogP contribution in [0.4, 0.5) is 4.79 Å². The van der Waals surface area contributed by atoms with E-state index in [2.05, 4.69) is 37.4 Å². The van der Waals surface area contributed by atoms with Crippen LogP contribution in [-0.4, -0.2) is 32.2 Å². The van der Waals surface area contributed by atoms with Gasteiger partial charge in [0.25, 0.3) is 0 Å². The number of aryl methyl sites for hydroxylation is 2. The summed E-state index contributed by atoms with van der Waals surface area (Å²) in [5, 5.41) is 2.93. The van der Waals surface area contributed by atoms with Crippen LogP contribution in [0.1, 0.15) is 22.3 Å². The molecule has 2 rings (SSSR count). The molecule has 0 aliphatic rings. The van der Waals surface area contributed by atoms with E-state index in [-0.39, 0.29) is 6.03 Å². The number of amides is 2. The van der Waals surface area contributed by atoms with Crippen molar-refractivity contribution in [3.8, 4) is 11.5 Å². The van der Waals surface area contributed by atoms with Crippen LogP contribution in [0.5, 0.6) is 11.5 Å². The average Bonchev–Trinajstić information content (AvgIpc) is 2.61. The van der Waals surface area contributed by atoms with Crippen molar-refractivity contribution in [3.05, 3.63) is 58.7 Å². The van der Waals surface area contributed by atoms with Gasteiger partial charge >= 0.3 is 6.03 Å². The molecule has 0 atom stereocenters. The number of ether oxygens (including phenoxy) is 2. The Morgan fingerprint density at radius 1 is 1.04 bits per heavy atom. The summed E-state index contributed by atoms with van der Waals surface area (Å²) < 4.78 is 10.5. The number of nitrogens with zero attached hydrogens (tertiary/aromatic N) is 1. The van der Waals surface area contributed by atoms with Gasteiger partial charge < -0.3 is 19.7 Å². The highest BCUT2D eigenvalue weighted by Crippen LogP contribution is 2.27. The first kappa shape index (κ1) is 18.6. The molecule has 0 heterocycles. The van der Waals surface area contributed by atoms with Gasteiger partial charge in [-0.15, -0.1) is 0 Å². The number of urea groups is 1. The van der Waals surface area contributed by atoms with E-state index < -0.39 is 0 Å². The molecule has 0 saturated carbocycles. The van der Waals surface area contributed by atoms with E-state index in [1.54, 1.807) is 26.2 Å². The van der Waals surface area contributed by atoms with Gasteiger partial charge in [-0.25, -0.2) is 4.79 Å². The topological polar surface area (TPSA) is 50.8 Å². The zero-order valence-corrected chi connectivity index (χ0v) is 15.6. The van der Waals surface area contributed by atoms with Crippen LogP contribution in [0.25, 0.3) is 0 Å². The Balaban J connectivity index is 1.95. The zero-order valence-electron chi connectivity index (χ0n) is 15.6. The third-order valence-electron chi connectivity index (χ3n) is 4.14.